The van der Waals surface area contributed by atoms with Crippen LogP contribution in [0.25, 0.3) is 0 Å². The van der Waals surface area contributed by atoms with E-state index in [1.807, 2.05) is 13.8 Å². The van der Waals surface area contributed by atoms with E-state index in [-0.39, 0.29) is 11.9 Å². The Morgan fingerprint density at radius 1 is 1.20 bits per heavy atom. The molecule has 1 heterocycles. The van der Waals surface area contributed by atoms with Crippen molar-refractivity contribution in [2.45, 2.75) is 33.7 Å². The first kappa shape index (κ1) is 14.3. The molecule has 1 N–H and O–H groups in total. The molecule has 0 saturated heterocycles. The maximum atomic E-state index is 12.3. The molecule has 0 fully saturated rings. The zero-order valence-corrected chi connectivity index (χ0v) is 12.7. The second-order valence-corrected chi connectivity index (χ2v) is 5.34. The quantitative estimate of drug-likeness (QED) is 0.933. The number of hydrogen-bond acceptors (Lipinski definition) is 2. The van der Waals surface area contributed by atoms with Gasteiger partial charge in [-0.2, -0.15) is 5.10 Å². The molecule has 1 atom stereocenters. The molecule has 4 heteroatoms. The van der Waals surface area contributed by atoms with Gasteiger partial charge in [0.2, 0.25) is 0 Å². The highest BCUT2D eigenvalue weighted by Crippen LogP contribution is 2.17. The van der Waals surface area contributed by atoms with Crippen LogP contribution in [0.4, 0.5) is 0 Å². The maximum Gasteiger partial charge on any atom is 0.270 e. The minimum Gasteiger partial charge on any atom is -0.344 e. The lowest BCUT2D eigenvalue weighted by Gasteiger charge is -2.16. The molecule has 106 valence electrons. The van der Waals surface area contributed by atoms with E-state index in [1.54, 1.807) is 17.9 Å². The normalized spacial score (nSPS) is 12.2. The number of rotatable bonds is 3. The fourth-order valence-electron chi connectivity index (χ4n) is 2.26. The number of benzene rings is 1. The highest BCUT2D eigenvalue weighted by atomic mass is 16.2. The van der Waals surface area contributed by atoms with Gasteiger partial charge < -0.3 is 5.32 Å². The smallest absolute Gasteiger partial charge is 0.270 e. The Hall–Kier alpha value is -2.10. The second kappa shape index (κ2) is 5.49. The van der Waals surface area contributed by atoms with Crippen LogP contribution in [-0.2, 0) is 7.05 Å². The molecule has 2 aromatic rings. The maximum absolute atomic E-state index is 12.3. The van der Waals surface area contributed by atoms with Gasteiger partial charge in [0.15, 0.2) is 0 Å². The summed E-state index contributed by atoms with van der Waals surface area (Å²) in [5.41, 5.74) is 5.11. The van der Waals surface area contributed by atoms with Gasteiger partial charge in [-0.05, 0) is 49.9 Å². The Labute approximate surface area is 119 Å². The van der Waals surface area contributed by atoms with E-state index in [0.717, 1.165) is 11.1 Å². The molecule has 0 aliphatic rings. The molecular formula is C16H21N3O. The van der Waals surface area contributed by atoms with Gasteiger partial charge >= 0.3 is 0 Å². The lowest BCUT2D eigenvalue weighted by molar-refractivity contribution is 0.0929. The van der Waals surface area contributed by atoms with E-state index in [0.29, 0.717) is 5.69 Å². The number of aryl methyl sites for hydroxylation is 4. The summed E-state index contributed by atoms with van der Waals surface area (Å²) in [6.45, 7) is 8.05. The monoisotopic (exact) mass is 271 g/mol. The van der Waals surface area contributed by atoms with Crippen LogP contribution in [0.2, 0.25) is 0 Å². The van der Waals surface area contributed by atoms with Gasteiger partial charge in [-0.25, -0.2) is 0 Å². The van der Waals surface area contributed by atoms with E-state index in [2.05, 4.69) is 42.5 Å². The standard InChI is InChI=1S/C16H21N3O/c1-10-6-7-14(8-11(10)2)13(4)18-16(20)15-12(3)9-17-19(15)5/h6-9,13H,1-5H3,(H,18,20). The van der Waals surface area contributed by atoms with Crippen LogP contribution in [0.15, 0.2) is 24.4 Å². The predicted octanol–water partition coefficient (Wildman–Crippen LogP) is 2.84. The average molecular weight is 271 g/mol. The van der Waals surface area contributed by atoms with E-state index < -0.39 is 0 Å². The van der Waals surface area contributed by atoms with Crippen LogP contribution in [0.3, 0.4) is 0 Å². The fraction of sp³-hybridized carbons (Fsp3) is 0.375. The van der Waals surface area contributed by atoms with E-state index in [4.69, 9.17) is 0 Å². The Bertz CT molecular complexity index is 624. The van der Waals surface area contributed by atoms with E-state index >= 15 is 0 Å². The first-order valence-electron chi connectivity index (χ1n) is 6.76. The molecule has 0 spiro atoms. The number of amides is 1. The number of carbonyl (C=O) groups excluding carboxylic acids is 1. The molecule has 0 aliphatic carbocycles. The van der Waals surface area contributed by atoms with Crippen molar-refractivity contribution in [3.05, 3.63) is 52.3 Å². The molecule has 20 heavy (non-hydrogen) atoms. The van der Waals surface area contributed by atoms with Gasteiger partial charge in [0.25, 0.3) is 5.91 Å². The number of hydrogen-bond donors (Lipinski definition) is 1. The van der Waals surface area contributed by atoms with Crippen LogP contribution >= 0.6 is 0 Å². The number of nitrogens with zero attached hydrogens (tertiary/aromatic N) is 2. The summed E-state index contributed by atoms with van der Waals surface area (Å²) in [6.07, 6.45) is 1.70. The van der Waals surface area contributed by atoms with Gasteiger partial charge in [0, 0.05) is 7.05 Å². The highest BCUT2D eigenvalue weighted by Gasteiger charge is 2.17. The van der Waals surface area contributed by atoms with Crippen molar-refractivity contribution >= 4 is 5.91 Å². The fourth-order valence-corrected chi connectivity index (χ4v) is 2.26. The lowest BCUT2D eigenvalue weighted by Crippen LogP contribution is -2.29. The summed E-state index contributed by atoms with van der Waals surface area (Å²) < 4.78 is 1.61. The SMILES string of the molecule is Cc1ccc(C(C)NC(=O)c2c(C)cnn2C)cc1C. The summed E-state index contributed by atoms with van der Waals surface area (Å²) in [5.74, 6) is -0.0896. The van der Waals surface area contributed by atoms with Crippen molar-refractivity contribution in [3.63, 3.8) is 0 Å². The highest BCUT2D eigenvalue weighted by molar-refractivity contribution is 5.94. The van der Waals surface area contributed by atoms with E-state index in [1.165, 1.54) is 11.1 Å². The third-order valence-corrected chi connectivity index (χ3v) is 3.72. The minimum atomic E-state index is -0.0896. The number of carbonyl (C=O) groups is 1. The third-order valence-electron chi connectivity index (χ3n) is 3.72. The average Bonchev–Trinajstić information content (AvgIpc) is 2.72. The van der Waals surface area contributed by atoms with Gasteiger partial charge in [0.1, 0.15) is 5.69 Å². The Balaban J connectivity index is 2.17. The Morgan fingerprint density at radius 2 is 1.90 bits per heavy atom. The minimum absolute atomic E-state index is 0.0314. The molecule has 1 aromatic heterocycles. The van der Waals surface area contributed by atoms with Crippen LogP contribution < -0.4 is 5.32 Å². The Kier molecular flexibility index (Phi) is 3.93. The van der Waals surface area contributed by atoms with Crippen LogP contribution in [0.5, 0.6) is 0 Å². The largest absolute Gasteiger partial charge is 0.344 e. The summed E-state index contributed by atoms with van der Waals surface area (Å²) >= 11 is 0. The molecule has 0 bridgehead atoms. The van der Waals surface area contributed by atoms with E-state index in [9.17, 15) is 4.79 Å². The Morgan fingerprint density at radius 3 is 2.45 bits per heavy atom. The van der Waals surface area contributed by atoms with Crippen molar-refractivity contribution in [1.82, 2.24) is 15.1 Å². The van der Waals surface area contributed by atoms with Crippen molar-refractivity contribution in [2.75, 3.05) is 0 Å². The van der Waals surface area contributed by atoms with Gasteiger partial charge in [0.05, 0.1) is 12.2 Å². The van der Waals surface area contributed by atoms with Gasteiger partial charge in [-0.15, -0.1) is 0 Å². The topological polar surface area (TPSA) is 46.9 Å². The molecule has 1 unspecified atom stereocenters. The first-order valence-corrected chi connectivity index (χ1v) is 6.76. The summed E-state index contributed by atoms with van der Waals surface area (Å²) in [7, 11) is 1.78. The molecule has 1 amide bonds. The van der Waals surface area contributed by atoms with Crippen LogP contribution in [0.1, 0.15) is 45.7 Å². The van der Waals surface area contributed by atoms with Crippen LogP contribution in [0, 0.1) is 20.8 Å². The molecule has 4 nitrogen and oxygen atoms in total. The lowest BCUT2D eigenvalue weighted by atomic mass is 10.0. The molecule has 0 saturated carbocycles. The summed E-state index contributed by atoms with van der Waals surface area (Å²) in [4.78, 5) is 12.3. The molecule has 2 rings (SSSR count). The predicted molar refractivity (Wildman–Crippen MR) is 79.7 cm³/mol. The molecule has 1 aromatic carbocycles. The third kappa shape index (κ3) is 2.74. The van der Waals surface area contributed by atoms with Crippen LogP contribution in [-0.4, -0.2) is 15.7 Å². The zero-order chi connectivity index (χ0) is 14.9. The van der Waals surface area contributed by atoms with Gasteiger partial charge in [-0.3, -0.25) is 9.48 Å². The van der Waals surface area contributed by atoms with Gasteiger partial charge in [-0.1, -0.05) is 18.2 Å². The second-order valence-electron chi connectivity index (χ2n) is 5.34. The number of nitrogens with one attached hydrogen (secondary N) is 1. The molecule has 0 radical (unpaired) electrons. The zero-order valence-electron chi connectivity index (χ0n) is 12.7. The summed E-state index contributed by atoms with van der Waals surface area (Å²) in [5, 5.41) is 7.13. The van der Waals surface area contributed by atoms with Crippen molar-refractivity contribution in [1.29, 1.82) is 0 Å². The van der Waals surface area contributed by atoms with Crippen molar-refractivity contribution < 1.29 is 4.79 Å². The van der Waals surface area contributed by atoms with Crippen molar-refractivity contribution in [3.8, 4) is 0 Å². The first-order chi connectivity index (χ1) is 9.40. The molecular weight excluding hydrogens is 250 g/mol. The molecule has 0 aliphatic heterocycles. The summed E-state index contributed by atoms with van der Waals surface area (Å²) in [6, 6.07) is 6.23. The number of aromatic nitrogens is 2. The van der Waals surface area contributed by atoms with Crippen molar-refractivity contribution in [2.24, 2.45) is 7.05 Å².